The molecule has 3 heterocycles. The van der Waals surface area contributed by atoms with Gasteiger partial charge in [0.2, 0.25) is 0 Å². The number of unbranched alkanes of at least 4 members (excludes halogenated alkanes) is 1. The monoisotopic (exact) mass is 494 g/mol. The first-order valence-corrected chi connectivity index (χ1v) is 13.1. The standard InChI is InChI=1S/C27H34N4O3S/c1-31(2)27(34)20-11-9-18(10-12-20)23(16-24(32)33)26-30-22(17-35-26)8-4-3-7-21-14-13-19-6-5-15-28-25(19)29-21/h9-14,17,23,27,34H,3-8,15-16H2,1-2H3,(H,28,29)(H,32,33). The average molecular weight is 495 g/mol. The van der Waals surface area contributed by atoms with E-state index in [1.807, 2.05) is 38.4 Å². The molecule has 0 saturated carbocycles. The molecule has 4 rings (SSSR count). The number of aryl methyl sites for hydroxylation is 3. The number of benzene rings is 1. The zero-order valence-corrected chi connectivity index (χ0v) is 21.2. The van der Waals surface area contributed by atoms with Crippen molar-refractivity contribution in [1.29, 1.82) is 0 Å². The van der Waals surface area contributed by atoms with Crippen LogP contribution < -0.4 is 5.32 Å². The molecule has 1 aliphatic rings. The molecule has 0 spiro atoms. The van der Waals surface area contributed by atoms with E-state index in [1.165, 1.54) is 23.3 Å². The quantitative estimate of drug-likeness (QED) is 0.264. The number of carbonyl (C=O) groups is 1. The number of hydrogen-bond donors (Lipinski definition) is 3. The van der Waals surface area contributed by atoms with Crippen molar-refractivity contribution in [2.24, 2.45) is 0 Å². The van der Waals surface area contributed by atoms with Crippen LogP contribution in [0, 0.1) is 0 Å². The van der Waals surface area contributed by atoms with E-state index in [1.54, 1.807) is 4.90 Å². The predicted octanol–water partition coefficient (Wildman–Crippen LogP) is 4.62. The Hall–Kier alpha value is -2.81. The number of aliphatic carboxylic acids is 1. The Labute approximate surface area is 210 Å². The minimum absolute atomic E-state index is 0.0133. The topological polar surface area (TPSA) is 98.6 Å². The summed E-state index contributed by atoms with van der Waals surface area (Å²) in [5, 5.41) is 26.0. The van der Waals surface area contributed by atoms with Gasteiger partial charge in [-0.15, -0.1) is 11.3 Å². The second kappa shape index (κ2) is 11.7. The van der Waals surface area contributed by atoms with Crippen molar-refractivity contribution in [3.05, 3.63) is 74.9 Å². The second-order valence-corrected chi connectivity index (χ2v) is 10.3. The lowest BCUT2D eigenvalue weighted by Gasteiger charge is -2.20. The van der Waals surface area contributed by atoms with E-state index >= 15 is 0 Å². The van der Waals surface area contributed by atoms with Gasteiger partial charge in [0, 0.05) is 23.5 Å². The van der Waals surface area contributed by atoms with Crippen molar-refractivity contribution in [2.45, 2.75) is 57.1 Å². The van der Waals surface area contributed by atoms with Crippen molar-refractivity contribution < 1.29 is 15.0 Å². The molecule has 0 aliphatic carbocycles. The third kappa shape index (κ3) is 6.66. The lowest BCUT2D eigenvalue weighted by Crippen LogP contribution is -2.19. The Morgan fingerprint density at radius 3 is 2.49 bits per heavy atom. The van der Waals surface area contributed by atoms with Crippen LogP contribution in [0.25, 0.3) is 0 Å². The molecule has 7 nitrogen and oxygen atoms in total. The number of carboxylic acids is 1. The summed E-state index contributed by atoms with van der Waals surface area (Å²) in [6.45, 7) is 1.00. The highest BCUT2D eigenvalue weighted by atomic mass is 32.1. The first kappa shape index (κ1) is 25.3. The van der Waals surface area contributed by atoms with Crippen LogP contribution in [0.1, 0.15) is 70.9 Å². The number of nitrogens with zero attached hydrogens (tertiary/aromatic N) is 3. The van der Waals surface area contributed by atoms with Gasteiger partial charge in [-0.25, -0.2) is 9.97 Å². The van der Waals surface area contributed by atoms with Crippen molar-refractivity contribution >= 4 is 23.1 Å². The summed E-state index contributed by atoms with van der Waals surface area (Å²) >= 11 is 1.53. The number of aliphatic hydroxyl groups excluding tert-OH is 1. The number of rotatable bonds is 11. The number of nitrogens with one attached hydrogen (secondary N) is 1. The van der Waals surface area contributed by atoms with Gasteiger partial charge in [0.15, 0.2) is 0 Å². The molecule has 3 aromatic rings. The van der Waals surface area contributed by atoms with E-state index < -0.39 is 12.2 Å². The first-order valence-electron chi connectivity index (χ1n) is 12.2. The minimum atomic E-state index is -0.851. The third-order valence-corrected chi connectivity index (χ3v) is 7.45. The molecular formula is C27H34N4O3S. The second-order valence-electron chi connectivity index (χ2n) is 9.38. The number of hydrogen-bond acceptors (Lipinski definition) is 7. The Bertz CT molecular complexity index is 1130. The Morgan fingerprint density at radius 2 is 1.77 bits per heavy atom. The molecule has 0 radical (unpaired) electrons. The summed E-state index contributed by atoms with van der Waals surface area (Å²) in [6, 6.07) is 11.9. The maximum Gasteiger partial charge on any atom is 0.304 e. The van der Waals surface area contributed by atoms with E-state index in [4.69, 9.17) is 9.97 Å². The highest BCUT2D eigenvalue weighted by Gasteiger charge is 2.22. The Kier molecular flexibility index (Phi) is 8.49. The molecule has 0 fully saturated rings. The molecule has 8 heteroatoms. The molecule has 2 atom stereocenters. The smallest absolute Gasteiger partial charge is 0.304 e. The summed E-state index contributed by atoms with van der Waals surface area (Å²) in [7, 11) is 3.62. The molecule has 3 N–H and O–H groups in total. The predicted molar refractivity (Wildman–Crippen MR) is 139 cm³/mol. The zero-order valence-electron chi connectivity index (χ0n) is 20.4. The number of thiazole rings is 1. The summed E-state index contributed by atoms with van der Waals surface area (Å²) in [5.41, 5.74) is 5.13. The number of aromatic nitrogens is 2. The van der Waals surface area contributed by atoms with Crippen LogP contribution in [0.3, 0.4) is 0 Å². The SMILES string of the molecule is CN(C)C(O)c1ccc(C(CC(=O)O)c2nc(CCCCc3ccc4c(n3)NCCC4)cs2)cc1. The largest absolute Gasteiger partial charge is 0.481 e. The molecule has 1 aromatic carbocycles. The normalized spacial score (nSPS) is 14.9. The molecule has 35 heavy (non-hydrogen) atoms. The van der Waals surface area contributed by atoms with E-state index in [0.29, 0.717) is 0 Å². The summed E-state index contributed by atoms with van der Waals surface area (Å²) in [6.07, 6.45) is 5.42. The molecule has 186 valence electrons. The van der Waals surface area contributed by atoms with Crippen molar-refractivity contribution in [2.75, 3.05) is 26.0 Å². The van der Waals surface area contributed by atoms with Gasteiger partial charge in [0.1, 0.15) is 17.1 Å². The number of anilines is 1. The highest BCUT2D eigenvalue weighted by Crippen LogP contribution is 2.32. The van der Waals surface area contributed by atoms with Crippen molar-refractivity contribution in [3.63, 3.8) is 0 Å². The lowest BCUT2D eigenvalue weighted by atomic mass is 9.95. The van der Waals surface area contributed by atoms with Gasteiger partial charge in [0.05, 0.1) is 12.1 Å². The summed E-state index contributed by atoms with van der Waals surface area (Å²) in [4.78, 5) is 22.9. The maximum absolute atomic E-state index is 11.6. The van der Waals surface area contributed by atoms with E-state index in [9.17, 15) is 15.0 Å². The molecule has 0 saturated heterocycles. The van der Waals surface area contributed by atoms with Gasteiger partial charge in [-0.3, -0.25) is 9.69 Å². The summed E-state index contributed by atoms with van der Waals surface area (Å²) in [5.74, 6) is -0.105. The van der Waals surface area contributed by atoms with Gasteiger partial charge in [-0.05, 0) is 75.4 Å². The summed E-state index contributed by atoms with van der Waals surface area (Å²) < 4.78 is 0. The van der Waals surface area contributed by atoms with Crippen LogP contribution in [0.4, 0.5) is 5.82 Å². The van der Waals surface area contributed by atoms with Gasteiger partial charge in [0.25, 0.3) is 0 Å². The number of aliphatic hydroxyl groups is 1. The van der Waals surface area contributed by atoms with Gasteiger partial charge in [-0.2, -0.15) is 0 Å². The fourth-order valence-corrected chi connectivity index (χ4v) is 5.42. The van der Waals surface area contributed by atoms with Crippen LogP contribution in [-0.4, -0.2) is 51.7 Å². The van der Waals surface area contributed by atoms with Gasteiger partial charge >= 0.3 is 5.97 Å². The van der Waals surface area contributed by atoms with Crippen LogP contribution >= 0.6 is 11.3 Å². The van der Waals surface area contributed by atoms with Gasteiger partial charge in [-0.1, -0.05) is 30.3 Å². The molecule has 2 aromatic heterocycles. The molecule has 2 unspecified atom stereocenters. The highest BCUT2D eigenvalue weighted by molar-refractivity contribution is 7.09. The molecular weight excluding hydrogens is 460 g/mol. The lowest BCUT2D eigenvalue weighted by molar-refractivity contribution is -0.137. The maximum atomic E-state index is 11.6. The molecule has 0 amide bonds. The Balaban J connectivity index is 1.35. The van der Waals surface area contributed by atoms with Crippen molar-refractivity contribution in [3.8, 4) is 0 Å². The van der Waals surface area contributed by atoms with Crippen LogP contribution in [-0.2, 0) is 24.1 Å². The fraction of sp³-hybridized carbons (Fsp3) is 0.444. The van der Waals surface area contributed by atoms with Crippen LogP contribution in [0.5, 0.6) is 0 Å². The first-order chi connectivity index (χ1) is 16.9. The molecule has 1 aliphatic heterocycles. The minimum Gasteiger partial charge on any atom is -0.481 e. The Morgan fingerprint density at radius 1 is 1.06 bits per heavy atom. The number of fused-ring (bicyclic) bond motifs is 1. The van der Waals surface area contributed by atoms with E-state index in [0.717, 1.165) is 72.0 Å². The number of pyridine rings is 1. The zero-order chi connectivity index (χ0) is 24.8. The van der Waals surface area contributed by atoms with Crippen molar-refractivity contribution in [1.82, 2.24) is 14.9 Å². The van der Waals surface area contributed by atoms with Crippen LogP contribution in [0.15, 0.2) is 41.8 Å². The number of carboxylic acid groups (broad SMARTS) is 1. The van der Waals surface area contributed by atoms with E-state index in [2.05, 4.69) is 22.8 Å². The molecule has 0 bridgehead atoms. The third-order valence-electron chi connectivity index (χ3n) is 6.44. The fourth-order valence-electron chi connectivity index (χ4n) is 4.44. The average Bonchev–Trinajstić information content (AvgIpc) is 3.33. The van der Waals surface area contributed by atoms with Crippen LogP contribution in [0.2, 0.25) is 0 Å². The van der Waals surface area contributed by atoms with E-state index in [-0.39, 0.29) is 12.3 Å². The van der Waals surface area contributed by atoms with Gasteiger partial charge < -0.3 is 15.5 Å².